The van der Waals surface area contributed by atoms with E-state index >= 15 is 0 Å². The normalized spacial score (nSPS) is 12.1. The summed E-state index contributed by atoms with van der Waals surface area (Å²) in [6.45, 7) is 0.624. The summed E-state index contributed by atoms with van der Waals surface area (Å²) in [4.78, 5) is 24.7. The standard InChI is InChI=1S/C16H14N6OS/c1-21-9-11(7-19-21)10-22-5-6-24-16(22)20-15(23)13-8-18-14-12(13)3-2-4-17-14/h2-9H,10H2,1H3,(H,17,18)/b20-16-. The van der Waals surface area contributed by atoms with E-state index in [4.69, 9.17) is 0 Å². The number of H-pyrrole nitrogens is 1. The number of aromatic amines is 1. The number of nitrogens with one attached hydrogen (secondary N) is 1. The summed E-state index contributed by atoms with van der Waals surface area (Å²) in [5.74, 6) is -0.281. The van der Waals surface area contributed by atoms with Gasteiger partial charge in [0.15, 0.2) is 4.80 Å². The van der Waals surface area contributed by atoms with Gasteiger partial charge in [0.05, 0.1) is 18.3 Å². The molecule has 4 aromatic heterocycles. The number of pyridine rings is 1. The largest absolute Gasteiger partial charge is 0.345 e. The maximum absolute atomic E-state index is 12.6. The molecule has 4 aromatic rings. The summed E-state index contributed by atoms with van der Waals surface area (Å²) in [6, 6.07) is 3.67. The van der Waals surface area contributed by atoms with Crippen molar-refractivity contribution in [1.29, 1.82) is 0 Å². The van der Waals surface area contributed by atoms with Crippen LogP contribution >= 0.6 is 11.3 Å². The van der Waals surface area contributed by atoms with Crippen molar-refractivity contribution in [3.63, 3.8) is 0 Å². The van der Waals surface area contributed by atoms with Crippen LogP contribution in [0.3, 0.4) is 0 Å². The molecule has 0 aliphatic carbocycles. The molecule has 0 unspecified atom stereocenters. The molecule has 4 rings (SSSR count). The zero-order valence-electron chi connectivity index (χ0n) is 12.9. The van der Waals surface area contributed by atoms with Crippen LogP contribution in [-0.2, 0) is 13.6 Å². The van der Waals surface area contributed by atoms with E-state index in [9.17, 15) is 4.79 Å². The molecule has 0 aliphatic heterocycles. The molecule has 4 heterocycles. The van der Waals surface area contributed by atoms with Crippen molar-refractivity contribution in [2.45, 2.75) is 6.54 Å². The fourth-order valence-electron chi connectivity index (χ4n) is 2.54. The van der Waals surface area contributed by atoms with Crippen LogP contribution in [0.5, 0.6) is 0 Å². The first kappa shape index (κ1) is 14.6. The molecule has 0 atom stereocenters. The highest BCUT2D eigenvalue weighted by Gasteiger charge is 2.12. The molecular weight excluding hydrogens is 324 g/mol. The molecule has 0 fully saturated rings. The van der Waals surface area contributed by atoms with Crippen LogP contribution in [0.2, 0.25) is 0 Å². The SMILES string of the molecule is Cn1cc(Cn2ccs/c2=N\C(=O)c2c[nH]c3ncccc23)cn1. The van der Waals surface area contributed by atoms with Gasteiger partial charge >= 0.3 is 0 Å². The third-order valence-electron chi connectivity index (χ3n) is 3.65. The Hall–Kier alpha value is -3.00. The second kappa shape index (κ2) is 5.89. The number of aryl methyl sites for hydroxylation is 1. The summed E-state index contributed by atoms with van der Waals surface area (Å²) in [7, 11) is 1.88. The average molecular weight is 338 g/mol. The highest BCUT2D eigenvalue weighted by molar-refractivity contribution is 7.07. The Morgan fingerprint density at radius 3 is 3.21 bits per heavy atom. The molecule has 24 heavy (non-hydrogen) atoms. The van der Waals surface area contributed by atoms with Gasteiger partial charge in [-0.25, -0.2) is 4.98 Å². The number of carbonyl (C=O) groups excluding carboxylic acids is 1. The monoisotopic (exact) mass is 338 g/mol. The fourth-order valence-corrected chi connectivity index (χ4v) is 3.26. The summed E-state index contributed by atoms with van der Waals surface area (Å²) < 4.78 is 3.69. The van der Waals surface area contributed by atoms with Gasteiger partial charge in [-0.05, 0) is 12.1 Å². The van der Waals surface area contributed by atoms with Gasteiger partial charge in [-0.2, -0.15) is 10.1 Å². The lowest BCUT2D eigenvalue weighted by molar-refractivity contribution is 0.0999. The number of rotatable bonds is 3. The van der Waals surface area contributed by atoms with Gasteiger partial charge in [-0.3, -0.25) is 9.48 Å². The molecule has 1 N–H and O–H groups in total. The highest BCUT2D eigenvalue weighted by atomic mass is 32.1. The molecule has 0 radical (unpaired) electrons. The summed E-state index contributed by atoms with van der Waals surface area (Å²) >= 11 is 1.43. The first-order chi connectivity index (χ1) is 11.7. The van der Waals surface area contributed by atoms with Gasteiger partial charge < -0.3 is 9.55 Å². The van der Waals surface area contributed by atoms with Gasteiger partial charge in [-0.1, -0.05) is 0 Å². The van der Waals surface area contributed by atoms with Crippen molar-refractivity contribution >= 4 is 28.3 Å². The molecular formula is C16H14N6OS. The Kier molecular flexibility index (Phi) is 3.58. The minimum atomic E-state index is -0.281. The van der Waals surface area contributed by atoms with Crippen molar-refractivity contribution < 1.29 is 4.79 Å². The van der Waals surface area contributed by atoms with E-state index in [0.717, 1.165) is 10.9 Å². The van der Waals surface area contributed by atoms with Crippen molar-refractivity contribution in [3.05, 3.63) is 64.4 Å². The third-order valence-corrected chi connectivity index (χ3v) is 4.44. The Morgan fingerprint density at radius 2 is 2.38 bits per heavy atom. The molecule has 0 aromatic carbocycles. The Bertz CT molecular complexity index is 1080. The number of amides is 1. The van der Waals surface area contributed by atoms with Gasteiger partial charge in [0, 0.05) is 48.2 Å². The molecule has 8 heteroatoms. The Morgan fingerprint density at radius 1 is 1.46 bits per heavy atom. The molecule has 0 saturated heterocycles. The van der Waals surface area contributed by atoms with Crippen LogP contribution in [0.15, 0.2) is 53.5 Å². The quantitative estimate of drug-likeness (QED) is 0.620. The van der Waals surface area contributed by atoms with E-state index in [1.807, 2.05) is 41.7 Å². The topological polar surface area (TPSA) is 80.9 Å². The second-order valence-electron chi connectivity index (χ2n) is 5.35. The van der Waals surface area contributed by atoms with Crippen LogP contribution in [0.4, 0.5) is 0 Å². The van der Waals surface area contributed by atoms with Gasteiger partial charge in [0.1, 0.15) is 5.65 Å². The van der Waals surface area contributed by atoms with Crippen LogP contribution < -0.4 is 4.80 Å². The van der Waals surface area contributed by atoms with Crippen LogP contribution in [0.25, 0.3) is 11.0 Å². The third kappa shape index (κ3) is 2.67. The number of hydrogen-bond acceptors (Lipinski definition) is 4. The number of carbonyl (C=O) groups is 1. The van der Waals surface area contributed by atoms with E-state index in [1.54, 1.807) is 23.1 Å². The minimum absolute atomic E-state index is 0.281. The molecule has 0 aliphatic rings. The number of hydrogen-bond donors (Lipinski definition) is 1. The van der Waals surface area contributed by atoms with Gasteiger partial charge in [0.2, 0.25) is 0 Å². The van der Waals surface area contributed by atoms with Crippen molar-refractivity contribution in [1.82, 2.24) is 24.3 Å². The lowest BCUT2D eigenvalue weighted by Crippen LogP contribution is -2.16. The number of aromatic nitrogens is 5. The van der Waals surface area contributed by atoms with E-state index < -0.39 is 0 Å². The van der Waals surface area contributed by atoms with Crippen LogP contribution in [0.1, 0.15) is 15.9 Å². The first-order valence-electron chi connectivity index (χ1n) is 7.33. The lowest BCUT2D eigenvalue weighted by Gasteiger charge is -1.99. The molecule has 1 amide bonds. The van der Waals surface area contributed by atoms with E-state index in [1.165, 1.54) is 11.3 Å². The number of fused-ring (bicyclic) bond motifs is 1. The summed E-state index contributed by atoms with van der Waals surface area (Å²) in [5, 5.41) is 6.86. The van der Waals surface area contributed by atoms with E-state index in [0.29, 0.717) is 22.6 Å². The molecule has 0 bridgehead atoms. The first-order valence-corrected chi connectivity index (χ1v) is 8.21. The highest BCUT2D eigenvalue weighted by Crippen LogP contribution is 2.16. The number of thiazole rings is 1. The lowest BCUT2D eigenvalue weighted by atomic mass is 10.2. The predicted octanol–water partition coefficient (Wildman–Crippen LogP) is 1.95. The Labute approximate surface area is 140 Å². The van der Waals surface area contributed by atoms with Crippen molar-refractivity contribution in [3.8, 4) is 0 Å². The molecule has 0 saturated carbocycles. The number of nitrogens with zero attached hydrogens (tertiary/aromatic N) is 5. The molecule has 120 valence electrons. The summed E-state index contributed by atoms with van der Waals surface area (Å²) in [5.41, 5.74) is 2.27. The van der Waals surface area contributed by atoms with Crippen molar-refractivity contribution in [2.24, 2.45) is 12.0 Å². The van der Waals surface area contributed by atoms with Crippen molar-refractivity contribution in [2.75, 3.05) is 0 Å². The van der Waals surface area contributed by atoms with E-state index in [-0.39, 0.29) is 5.91 Å². The van der Waals surface area contributed by atoms with Gasteiger partial charge in [0.25, 0.3) is 5.91 Å². The Balaban J connectivity index is 1.68. The maximum Gasteiger partial charge on any atom is 0.281 e. The minimum Gasteiger partial charge on any atom is -0.345 e. The predicted molar refractivity (Wildman–Crippen MR) is 90.6 cm³/mol. The maximum atomic E-state index is 12.6. The van der Waals surface area contributed by atoms with Gasteiger partial charge in [-0.15, -0.1) is 11.3 Å². The van der Waals surface area contributed by atoms with Crippen LogP contribution in [0, 0.1) is 0 Å². The zero-order chi connectivity index (χ0) is 16.5. The summed E-state index contributed by atoms with van der Waals surface area (Å²) in [6.07, 6.45) is 9.01. The second-order valence-corrected chi connectivity index (χ2v) is 6.23. The van der Waals surface area contributed by atoms with Crippen LogP contribution in [-0.4, -0.2) is 30.2 Å². The molecule has 7 nitrogen and oxygen atoms in total. The average Bonchev–Trinajstić information content (AvgIpc) is 3.28. The van der Waals surface area contributed by atoms with E-state index in [2.05, 4.69) is 20.1 Å². The fraction of sp³-hybridized carbons (Fsp3) is 0.125. The smallest absolute Gasteiger partial charge is 0.281 e. The molecule has 0 spiro atoms. The zero-order valence-corrected chi connectivity index (χ0v) is 13.7.